The summed E-state index contributed by atoms with van der Waals surface area (Å²) in [6.45, 7) is 1.95. The van der Waals surface area contributed by atoms with E-state index in [4.69, 9.17) is 20.8 Å². The maximum Gasteiger partial charge on any atom is 0.317 e. The van der Waals surface area contributed by atoms with Crippen LogP contribution in [0.15, 0.2) is 53.2 Å². The Morgan fingerprint density at radius 1 is 1.29 bits per heavy atom. The average Bonchev–Trinajstić information content (AvgIpc) is 3.09. The van der Waals surface area contributed by atoms with Gasteiger partial charge in [-0.3, -0.25) is 9.59 Å². The van der Waals surface area contributed by atoms with Gasteiger partial charge in [-0.2, -0.15) is 0 Å². The molecule has 0 amide bonds. The number of carbonyl (C=O) groups is 2. The van der Waals surface area contributed by atoms with Crippen LogP contribution in [0.3, 0.4) is 0 Å². The highest BCUT2D eigenvalue weighted by Crippen LogP contribution is 2.42. The van der Waals surface area contributed by atoms with Gasteiger partial charge in [0.05, 0.1) is 12.9 Å². The molecule has 1 heterocycles. The fraction of sp³-hybridized carbons (Fsp3) is 0.263. The molecular formula is C19H17ClO4. The summed E-state index contributed by atoms with van der Waals surface area (Å²) in [4.78, 5) is 25.0. The predicted octanol–water partition coefficient (Wildman–Crippen LogP) is 4.25. The summed E-state index contributed by atoms with van der Waals surface area (Å²) < 4.78 is 10.5. The lowest BCUT2D eigenvalue weighted by Gasteiger charge is -2.29. The van der Waals surface area contributed by atoms with Crippen molar-refractivity contribution in [3.8, 4) is 0 Å². The van der Waals surface area contributed by atoms with Crippen LogP contribution in [0.4, 0.5) is 0 Å². The summed E-state index contributed by atoms with van der Waals surface area (Å²) in [7, 11) is 0. The van der Waals surface area contributed by atoms with Crippen molar-refractivity contribution in [1.82, 2.24) is 0 Å². The summed E-state index contributed by atoms with van der Waals surface area (Å²) in [5.41, 5.74) is 1.53. The standard InChI is InChI=1S/C19H17ClO4/c1-2-23-19(22)18-14(13-6-3-4-7-15(13)20)10-12(11-16(18)21)17-8-5-9-24-17/h3-9,11,14,18H,2,10H2,1H3/t14-,18+/m0/s1. The molecule has 1 aromatic carbocycles. The van der Waals surface area contributed by atoms with Gasteiger partial charge in [-0.1, -0.05) is 29.8 Å². The molecule has 4 nitrogen and oxygen atoms in total. The van der Waals surface area contributed by atoms with E-state index in [1.807, 2.05) is 18.2 Å². The highest BCUT2D eigenvalue weighted by molar-refractivity contribution is 6.31. The Morgan fingerprint density at radius 3 is 2.75 bits per heavy atom. The van der Waals surface area contributed by atoms with E-state index in [1.54, 1.807) is 31.4 Å². The lowest BCUT2D eigenvalue weighted by molar-refractivity contribution is -0.151. The molecule has 1 aromatic heterocycles. The van der Waals surface area contributed by atoms with Crippen molar-refractivity contribution in [2.75, 3.05) is 6.61 Å². The molecular weight excluding hydrogens is 328 g/mol. The van der Waals surface area contributed by atoms with Crippen LogP contribution in [0.1, 0.15) is 30.6 Å². The normalized spacial score (nSPS) is 20.6. The molecule has 5 heteroatoms. The minimum Gasteiger partial charge on any atom is -0.465 e. The van der Waals surface area contributed by atoms with Gasteiger partial charge in [0.25, 0.3) is 0 Å². The van der Waals surface area contributed by atoms with E-state index >= 15 is 0 Å². The number of rotatable bonds is 4. The second kappa shape index (κ2) is 7.05. The lowest BCUT2D eigenvalue weighted by atomic mass is 9.74. The van der Waals surface area contributed by atoms with Gasteiger partial charge in [0.2, 0.25) is 0 Å². The van der Waals surface area contributed by atoms with Crippen molar-refractivity contribution in [3.63, 3.8) is 0 Å². The van der Waals surface area contributed by atoms with Crippen molar-refractivity contribution in [3.05, 3.63) is 65.1 Å². The molecule has 24 heavy (non-hydrogen) atoms. The zero-order valence-corrected chi connectivity index (χ0v) is 14.0. The van der Waals surface area contributed by atoms with Crippen LogP contribution in [0.2, 0.25) is 5.02 Å². The van der Waals surface area contributed by atoms with Crippen molar-refractivity contribution in [1.29, 1.82) is 0 Å². The number of ether oxygens (including phenoxy) is 1. The van der Waals surface area contributed by atoms with Gasteiger partial charge in [-0.15, -0.1) is 0 Å². The molecule has 0 saturated heterocycles. The Labute approximate surface area is 145 Å². The molecule has 0 N–H and O–H groups in total. The van der Waals surface area contributed by atoms with Crippen LogP contribution in [0, 0.1) is 5.92 Å². The predicted molar refractivity (Wildman–Crippen MR) is 90.6 cm³/mol. The quantitative estimate of drug-likeness (QED) is 0.614. The van der Waals surface area contributed by atoms with Gasteiger partial charge in [-0.25, -0.2) is 0 Å². The van der Waals surface area contributed by atoms with E-state index in [0.29, 0.717) is 17.2 Å². The molecule has 1 aliphatic carbocycles. The fourth-order valence-electron chi connectivity index (χ4n) is 3.08. The molecule has 0 saturated carbocycles. The highest BCUT2D eigenvalue weighted by Gasteiger charge is 2.40. The van der Waals surface area contributed by atoms with E-state index in [1.165, 1.54) is 6.08 Å². The van der Waals surface area contributed by atoms with Gasteiger partial charge in [0.15, 0.2) is 5.78 Å². The van der Waals surface area contributed by atoms with Gasteiger partial charge in [0.1, 0.15) is 11.7 Å². The van der Waals surface area contributed by atoms with Crippen molar-refractivity contribution < 1.29 is 18.7 Å². The number of hydrogen-bond donors (Lipinski definition) is 0. The Balaban J connectivity index is 2.04. The topological polar surface area (TPSA) is 56.5 Å². The maximum atomic E-state index is 12.6. The largest absolute Gasteiger partial charge is 0.465 e. The summed E-state index contributed by atoms with van der Waals surface area (Å²) >= 11 is 6.32. The second-order valence-electron chi connectivity index (χ2n) is 5.61. The first-order chi connectivity index (χ1) is 11.6. The minimum atomic E-state index is -0.886. The molecule has 0 fully saturated rings. The van der Waals surface area contributed by atoms with E-state index in [2.05, 4.69) is 0 Å². The summed E-state index contributed by atoms with van der Waals surface area (Å²) in [6, 6.07) is 10.8. The van der Waals surface area contributed by atoms with Gasteiger partial charge < -0.3 is 9.15 Å². The average molecular weight is 345 g/mol. The maximum absolute atomic E-state index is 12.6. The van der Waals surface area contributed by atoms with E-state index in [0.717, 1.165) is 11.1 Å². The summed E-state index contributed by atoms with van der Waals surface area (Å²) in [5.74, 6) is -1.43. The molecule has 0 spiro atoms. The number of allylic oxidation sites excluding steroid dienone is 2. The first-order valence-corrected chi connectivity index (χ1v) is 8.19. The Kier molecular flexibility index (Phi) is 4.86. The molecule has 2 aromatic rings. The highest BCUT2D eigenvalue weighted by atomic mass is 35.5. The molecule has 2 atom stereocenters. The zero-order valence-electron chi connectivity index (χ0n) is 13.2. The number of carbonyl (C=O) groups excluding carboxylic acids is 2. The van der Waals surface area contributed by atoms with Crippen LogP contribution in [-0.2, 0) is 14.3 Å². The third-order valence-corrected chi connectivity index (χ3v) is 4.49. The number of esters is 1. The van der Waals surface area contributed by atoms with Crippen LogP contribution < -0.4 is 0 Å². The monoisotopic (exact) mass is 344 g/mol. The fourth-order valence-corrected chi connectivity index (χ4v) is 3.36. The first-order valence-electron chi connectivity index (χ1n) is 7.81. The third kappa shape index (κ3) is 3.15. The summed E-state index contributed by atoms with van der Waals surface area (Å²) in [6.07, 6.45) is 3.52. The van der Waals surface area contributed by atoms with Gasteiger partial charge in [-0.05, 0) is 48.8 Å². The molecule has 1 aliphatic rings. The third-order valence-electron chi connectivity index (χ3n) is 4.15. The van der Waals surface area contributed by atoms with Crippen molar-refractivity contribution >= 4 is 28.9 Å². The first kappa shape index (κ1) is 16.5. The van der Waals surface area contributed by atoms with Crippen LogP contribution in [0.5, 0.6) is 0 Å². The Morgan fingerprint density at radius 2 is 2.08 bits per heavy atom. The van der Waals surface area contributed by atoms with Crippen LogP contribution in [-0.4, -0.2) is 18.4 Å². The van der Waals surface area contributed by atoms with E-state index in [9.17, 15) is 9.59 Å². The number of ketones is 1. The molecule has 124 valence electrons. The van der Waals surface area contributed by atoms with Gasteiger partial charge >= 0.3 is 5.97 Å². The minimum absolute atomic E-state index is 0.229. The number of benzene rings is 1. The number of furan rings is 1. The Hall–Kier alpha value is -2.33. The molecule has 0 bridgehead atoms. The molecule has 0 aliphatic heterocycles. The van der Waals surface area contributed by atoms with Crippen LogP contribution >= 0.6 is 11.6 Å². The van der Waals surface area contributed by atoms with Crippen LogP contribution in [0.25, 0.3) is 5.57 Å². The number of hydrogen-bond acceptors (Lipinski definition) is 4. The Bertz CT molecular complexity index is 776. The smallest absolute Gasteiger partial charge is 0.317 e. The van der Waals surface area contributed by atoms with Crippen molar-refractivity contribution in [2.24, 2.45) is 5.92 Å². The second-order valence-corrected chi connectivity index (χ2v) is 6.02. The van der Waals surface area contributed by atoms with E-state index in [-0.39, 0.29) is 18.3 Å². The van der Waals surface area contributed by atoms with E-state index < -0.39 is 11.9 Å². The lowest BCUT2D eigenvalue weighted by Crippen LogP contribution is -2.34. The summed E-state index contributed by atoms with van der Waals surface area (Å²) in [5, 5.41) is 0.533. The molecule has 3 rings (SSSR count). The van der Waals surface area contributed by atoms with Crippen molar-refractivity contribution in [2.45, 2.75) is 19.3 Å². The SMILES string of the molecule is CCOC(=O)[C@H]1C(=O)C=C(c2ccco2)C[C@H]1c1ccccc1Cl. The van der Waals surface area contributed by atoms with Gasteiger partial charge in [0, 0.05) is 10.9 Å². The zero-order chi connectivity index (χ0) is 17.1. The molecule has 0 unspecified atom stereocenters. The molecule has 0 radical (unpaired) electrons. The number of halogens is 1.